The summed E-state index contributed by atoms with van der Waals surface area (Å²) in [5.74, 6) is -0.835. The van der Waals surface area contributed by atoms with Crippen LogP contribution in [0.2, 0.25) is 0 Å². The first kappa shape index (κ1) is 19.4. The predicted molar refractivity (Wildman–Crippen MR) is 94.9 cm³/mol. The van der Waals surface area contributed by atoms with Crippen molar-refractivity contribution in [1.82, 2.24) is 25.4 Å². The molecule has 2 amide bonds. The molecule has 2 aliphatic rings. The third-order valence-electron chi connectivity index (χ3n) is 4.59. The van der Waals surface area contributed by atoms with Gasteiger partial charge in [0.1, 0.15) is 5.75 Å². The standard InChI is InChI=1S/C16H23N5O3.ClH/c22-13-2-1-4-18-15(13)16(24)19-10-14(23)21-7-3-12(11-21)20-8-5-17-6-9-20;/h1-2,4,12,17,22H,3,5-11H2,(H,19,24);1H. The molecule has 2 saturated heterocycles. The monoisotopic (exact) mass is 369 g/mol. The molecule has 0 bridgehead atoms. The number of amides is 2. The van der Waals surface area contributed by atoms with E-state index in [0.717, 1.165) is 39.1 Å². The zero-order valence-corrected chi connectivity index (χ0v) is 14.8. The summed E-state index contributed by atoms with van der Waals surface area (Å²) in [5, 5.41) is 15.5. The van der Waals surface area contributed by atoms with E-state index in [1.54, 1.807) is 4.90 Å². The van der Waals surface area contributed by atoms with Crippen LogP contribution in [0.25, 0.3) is 0 Å². The summed E-state index contributed by atoms with van der Waals surface area (Å²) in [4.78, 5) is 32.3. The quantitative estimate of drug-likeness (QED) is 0.658. The summed E-state index contributed by atoms with van der Waals surface area (Å²) >= 11 is 0. The molecule has 0 spiro atoms. The minimum absolute atomic E-state index is 0. The van der Waals surface area contributed by atoms with Crippen molar-refractivity contribution in [3.63, 3.8) is 0 Å². The van der Waals surface area contributed by atoms with Crippen LogP contribution in [-0.4, -0.2) is 83.6 Å². The van der Waals surface area contributed by atoms with Crippen LogP contribution in [0.4, 0.5) is 0 Å². The molecule has 1 unspecified atom stereocenters. The van der Waals surface area contributed by atoms with Gasteiger partial charge in [-0.1, -0.05) is 0 Å². The second-order valence-corrected chi connectivity index (χ2v) is 6.12. The van der Waals surface area contributed by atoms with Crippen LogP contribution in [0.1, 0.15) is 16.9 Å². The largest absolute Gasteiger partial charge is 0.505 e. The van der Waals surface area contributed by atoms with Gasteiger partial charge in [-0.05, 0) is 18.6 Å². The number of carbonyl (C=O) groups is 2. The Bertz CT molecular complexity index is 609. The Labute approximate surface area is 153 Å². The van der Waals surface area contributed by atoms with Gasteiger partial charge in [-0.3, -0.25) is 14.5 Å². The van der Waals surface area contributed by atoms with Crippen LogP contribution in [-0.2, 0) is 4.79 Å². The number of aromatic nitrogens is 1. The minimum Gasteiger partial charge on any atom is -0.505 e. The lowest BCUT2D eigenvalue weighted by Gasteiger charge is -2.32. The van der Waals surface area contributed by atoms with Crippen molar-refractivity contribution >= 4 is 24.2 Å². The summed E-state index contributed by atoms with van der Waals surface area (Å²) in [6, 6.07) is 3.34. The van der Waals surface area contributed by atoms with E-state index in [1.165, 1.54) is 18.3 Å². The summed E-state index contributed by atoms with van der Waals surface area (Å²) in [6.07, 6.45) is 2.40. The lowest BCUT2D eigenvalue weighted by molar-refractivity contribution is -0.129. The lowest BCUT2D eigenvalue weighted by atomic mass is 10.2. The molecule has 9 heteroatoms. The number of rotatable bonds is 4. The molecule has 8 nitrogen and oxygen atoms in total. The van der Waals surface area contributed by atoms with Gasteiger partial charge in [-0.25, -0.2) is 4.98 Å². The van der Waals surface area contributed by atoms with Crippen molar-refractivity contribution in [1.29, 1.82) is 0 Å². The van der Waals surface area contributed by atoms with Crippen LogP contribution < -0.4 is 10.6 Å². The SMILES string of the molecule is Cl.O=C(NCC(=O)N1CCC(N2CCNCC2)C1)c1ncccc1O. The molecule has 3 N–H and O–H groups in total. The highest BCUT2D eigenvalue weighted by Crippen LogP contribution is 2.16. The molecule has 1 aromatic rings. The first-order chi connectivity index (χ1) is 11.6. The van der Waals surface area contributed by atoms with Crippen molar-refractivity contribution in [3.05, 3.63) is 24.0 Å². The first-order valence-corrected chi connectivity index (χ1v) is 8.30. The average molecular weight is 370 g/mol. The second kappa shape index (κ2) is 8.98. The number of halogens is 1. The minimum atomic E-state index is -0.542. The summed E-state index contributed by atoms with van der Waals surface area (Å²) in [5.41, 5.74) is -0.0644. The summed E-state index contributed by atoms with van der Waals surface area (Å²) in [6.45, 7) is 5.37. The van der Waals surface area contributed by atoms with Crippen LogP contribution in [0.5, 0.6) is 5.75 Å². The molecule has 0 aliphatic carbocycles. The van der Waals surface area contributed by atoms with Crippen LogP contribution in [0.15, 0.2) is 18.3 Å². The molecular weight excluding hydrogens is 346 g/mol. The summed E-state index contributed by atoms with van der Waals surface area (Å²) in [7, 11) is 0. The smallest absolute Gasteiger partial charge is 0.274 e. The number of piperazine rings is 1. The van der Waals surface area contributed by atoms with E-state index in [1.807, 2.05) is 0 Å². The van der Waals surface area contributed by atoms with Gasteiger partial charge in [-0.15, -0.1) is 12.4 Å². The highest BCUT2D eigenvalue weighted by atomic mass is 35.5. The Morgan fingerprint density at radius 1 is 1.32 bits per heavy atom. The third kappa shape index (κ3) is 4.81. The van der Waals surface area contributed by atoms with Gasteiger partial charge in [-0.2, -0.15) is 0 Å². The number of nitrogens with zero attached hydrogens (tertiary/aromatic N) is 3. The van der Waals surface area contributed by atoms with Crippen molar-refractivity contribution < 1.29 is 14.7 Å². The van der Waals surface area contributed by atoms with Gasteiger partial charge in [0, 0.05) is 51.5 Å². The van der Waals surface area contributed by atoms with E-state index in [0.29, 0.717) is 12.6 Å². The van der Waals surface area contributed by atoms with Crippen molar-refractivity contribution in [2.75, 3.05) is 45.8 Å². The van der Waals surface area contributed by atoms with Crippen LogP contribution in [0, 0.1) is 0 Å². The van der Waals surface area contributed by atoms with E-state index in [2.05, 4.69) is 20.5 Å². The molecule has 0 saturated carbocycles. The highest BCUT2D eigenvalue weighted by molar-refractivity contribution is 5.96. The first-order valence-electron chi connectivity index (χ1n) is 8.30. The Kier molecular flexibility index (Phi) is 6.98. The van der Waals surface area contributed by atoms with Gasteiger partial charge in [0.15, 0.2) is 5.69 Å². The Morgan fingerprint density at radius 2 is 2.08 bits per heavy atom. The maximum Gasteiger partial charge on any atom is 0.274 e. The van der Waals surface area contributed by atoms with Crippen LogP contribution >= 0.6 is 12.4 Å². The van der Waals surface area contributed by atoms with E-state index in [-0.39, 0.29) is 36.3 Å². The molecule has 3 heterocycles. The van der Waals surface area contributed by atoms with Gasteiger partial charge in [0.2, 0.25) is 5.91 Å². The average Bonchev–Trinajstić information content (AvgIpc) is 3.11. The fourth-order valence-electron chi connectivity index (χ4n) is 3.24. The highest BCUT2D eigenvalue weighted by Gasteiger charge is 2.30. The molecule has 0 aromatic carbocycles. The number of likely N-dealkylation sites (tertiary alicyclic amines) is 1. The van der Waals surface area contributed by atoms with Crippen molar-refractivity contribution in [2.45, 2.75) is 12.5 Å². The van der Waals surface area contributed by atoms with Gasteiger partial charge < -0.3 is 20.6 Å². The van der Waals surface area contributed by atoms with Crippen molar-refractivity contribution in [3.8, 4) is 5.75 Å². The van der Waals surface area contributed by atoms with E-state index >= 15 is 0 Å². The topological polar surface area (TPSA) is 97.8 Å². The lowest BCUT2D eigenvalue weighted by Crippen LogP contribution is -2.49. The number of pyridine rings is 1. The zero-order chi connectivity index (χ0) is 16.9. The number of nitrogens with one attached hydrogen (secondary N) is 2. The maximum atomic E-state index is 12.3. The molecule has 1 atom stereocenters. The van der Waals surface area contributed by atoms with Gasteiger partial charge >= 0.3 is 0 Å². The fraction of sp³-hybridized carbons (Fsp3) is 0.562. The Hall–Kier alpha value is -1.90. The molecule has 25 heavy (non-hydrogen) atoms. The van der Waals surface area contributed by atoms with Crippen molar-refractivity contribution in [2.24, 2.45) is 0 Å². The van der Waals surface area contributed by atoms with Crippen LogP contribution in [0.3, 0.4) is 0 Å². The number of hydrogen-bond acceptors (Lipinski definition) is 6. The normalized spacial score (nSPS) is 20.8. The Balaban J connectivity index is 0.00000225. The maximum absolute atomic E-state index is 12.3. The number of hydrogen-bond donors (Lipinski definition) is 3. The van der Waals surface area contributed by atoms with E-state index < -0.39 is 5.91 Å². The molecule has 2 fully saturated rings. The Morgan fingerprint density at radius 3 is 2.80 bits per heavy atom. The molecular formula is C16H24ClN5O3. The molecule has 1 aromatic heterocycles. The molecule has 138 valence electrons. The summed E-state index contributed by atoms with van der Waals surface area (Å²) < 4.78 is 0. The number of aromatic hydroxyl groups is 1. The van der Waals surface area contributed by atoms with Gasteiger partial charge in [0.25, 0.3) is 5.91 Å². The molecule has 2 aliphatic heterocycles. The van der Waals surface area contributed by atoms with E-state index in [9.17, 15) is 14.7 Å². The predicted octanol–water partition coefficient (Wildman–Crippen LogP) is -0.555. The fourth-order valence-corrected chi connectivity index (χ4v) is 3.24. The molecule has 0 radical (unpaired) electrons. The zero-order valence-electron chi connectivity index (χ0n) is 14.0. The van der Waals surface area contributed by atoms with E-state index in [4.69, 9.17) is 0 Å². The third-order valence-corrected chi connectivity index (χ3v) is 4.59. The second-order valence-electron chi connectivity index (χ2n) is 6.12. The van der Waals surface area contributed by atoms with Gasteiger partial charge in [0.05, 0.1) is 6.54 Å². The number of carbonyl (C=O) groups excluding carboxylic acids is 2. The molecule has 3 rings (SSSR count).